The van der Waals surface area contributed by atoms with E-state index in [0.717, 1.165) is 5.56 Å². The van der Waals surface area contributed by atoms with E-state index >= 15 is 0 Å². The molecule has 1 saturated heterocycles. The first-order valence-corrected chi connectivity index (χ1v) is 12.4. The summed E-state index contributed by atoms with van der Waals surface area (Å²) in [4.78, 5) is 40.8. The number of nitrogen functional groups attached to an aromatic ring is 1. The van der Waals surface area contributed by atoms with Crippen LogP contribution in [-0.2, 0) is 9.53 Å². The minimum atomic E-state index is -0.866. The van der Waals surface area contributed by atoms with Crippen molar-refractivity contribution in [2.24, 2.45) is 0 Å². The lowest BCUT2D eigenvalue weighted by Gasteiger charge is -2.39. The number of nitrogens with two attached hydrogens (primary N) is 1. The van der Waals surface area contributed by atoms with Crippen LogP contribution >= 0.6 is 0 Å². The molecule has 0 aliphatic carbocycles. The van der Waals surface area contributed by atoms with Crippen LogP contribution in [0.2, 0.25) is 0 Å². The third kappa shape index (κ3) is 6.44. The van der Waals surface area contributed by atoms with Gasteiger partial charge in [0, 0.05) is 18.2 Å². The quantitative estimate of drug-likeness (QED) is 0.537. The molecule has 2 aliphatic rings. The molecule has 2 heterocycles. The molecule has 3 amide bonds. The van der Waals surface area contributed by atoms with Crippen LogP contribution < -0.4 is 25.8 Å². The van der Waals surface area contributed by atoms with Crippen LogP contribution in [0.3, 0.4) is 0 Å². The Morgan fingerprint density at radius 2 is 1.78 bits per heavy atom. The summed E-state index contributed by atoms with van der Waals surface area (Å²) in [5.74, 6) is 0.418. The van der Waals surface area contributed by atoms with Gasteiger partial charge in [0.05, 0.1) is 11.4 Å². The fraction of sp³-hybridized carbons (Fsp3) is 0.444. The van der Waals surface area contributed by atoms with Crippen LogP contribution in [-0.4, -0.2) is 60.3 Å². The number of carbonyl (C=O) groups excluding carboxylic acids is 3. The third-order valence-electron chi connectivity index (χ3n) is 6.14. The highest BCUT2D eigenvalue weighted by molar-refractivity contribution is 5.99. The Bertz CT molecular complexity index is 1190. The van der Waals surface area contributed by atoms with Gasteiger partial charge in [0.25, 0.3) is 5.91 Å². The van der Waals surface area contributed by atoms with E-state index in [1.165, 1.54) is 4.90 Å². The van der Waals surface area contributed by atoms with Crippen LogP contribution in [0.15, 0.2) is 36.4 Å². The number of hydrogen-bond donors (Lipinski definition) is 3. The molecule has 10 heteroatoms. The van der Waals surface area contributed by atoms with Crippen molar-refractivity contribution < 1.29 is 28.6 Å². The molecule has 0 aromatic heterocycles. The highest BCUT2D eigenvalue weighted by Crippen LogP contribution is 2.31. The molecule has 2 aromatic rings. The molecule has 10 nitrogen and oxygen atoms in total. The summed E-state index contributed by atoms with van der Waals surface area (Å²) in [5, 5.41) is 5.84. The molecule has 198 valence electrons. The molecule has 4 rings (SSSR count). The van der Waals surface area contributed by atoms with Gasteiger partial charge in [0.15, 0.2) is 11.5 Å². The van der Waals surface area contributed by atoms with E-state index in [-0.39, 0.29) is 24.9 Å². The van der Waals surface area contributed by atoms with E-state index in [4.69, 9.17) is 19.9 Å². The number of aryl methyl sites for hydroxylation is 1. The van der Waals surface area contributed by atoms with Gasteiger partial charge in [-0.1, -0.05) is 6.07 Å². The summed E-state index contributed by atoms with van der Waals surface area (Å²) in [6.07, 6.45) is 0.0974. The summed E-state index contributed by atoms with van der Waals surface area (Å²) in [7, 11) is 0. The number of hydrogen-bond acceptors (Lipinski definition) is 7. The number of benzene rings is 2. The fourth-order valence-electron chi connectivity index (χ4n) is 4.35. The number of carbonyl (C=O) groups is 3. The van der Waals surface area contributed by atoms with Gasteiger partial charge in [0.1, 0.15) is 24.9 Å². The SMILES string of the molecule is Cc1ccc(NC(=O)[C@H]2C[C@H](NC(=O)c3ccc4c(c3)OCCO4)CCN2C(=O)OC(C)(C)C)c(N)c1. The third-order valence-corrected chi connectivity index (χ3v) is 6.14. The summed E-state index contributed by atoms with van der Waals surface area (Å²) < 4.78 is 16.7. The first-order valence-electron chi connectivity index (χ1n) is 12.4. The molecule has 0 spiro atoms. The van der Waals surface area contributed by atoms with Gasteiger partial charge in [-0.15, -0.1) is 0 Å². The van der Waals surface area contributed by atoms with E-state index in [1.54, 1.807) is 51.1 Å². The molecular weight excluding hydrogens is 476 g/mol. The monoisotopic (exact) mass is 510 g/mol. The normalized spacial score (nSPS) is 19.1. The average molecular weight is 511 g/mol. The van der Waals surface area contributed by atoms with Gasteiger partial charge in [0.2, 0.25) is 5.91 Å². The predicted molar refractivity (Wildman–Crippen MR) is 139 cm³/mol. The topological polar surface area (TPSA) is 132 Å². The Morgan fingerprint density at radius 1 is 1.05 bits per heavy atom. The van der Waals surface area contributed by atoms with Crippen molar-refractivity contribution in [3.63, 3.8) is 0 Å². The number of piperidine rings is 1. The van der Waals surface area contributed by atoms with Crippen molar-refractivity contribution in [2.45, 2.75) is 58.2 Å². The van der Waals surface area contributed by atoms with Crippen molar-refractivity contribution in [1.82, 2.24) is 10.2 Å². The van der Waals surface area contributed by atoms with E-state index in [2.05, 4.69) is 10.6 Å². The molecule has 0 saturated carbocycles. The van der Waals surface area contributed by atoms with E-state index < -0.39 is 23.6 Å². The summed E-state index contributed by atoms with van der Waals surface area (Å²) in [5.41, 5.74) is 7.64. The highest BCUT2D eigenvalue weighted by atomic mass is 16.6. The molecule has 0 radical (unpaired) electrons. The van der Waals surface area contributed by atoms with E-state index in [9.17, 15) is 14.4 Å². The van der Waals surface area contributed by atoms with Crippen molar-refractivity contribution >= 4 is 29.3 Å². The summed E-state index contributed by atoms with van der Waals surface area (Å²) in [6, 6.07) is 9.14. The van der Waals surface area contributed by atoms with Gasteiger partial charge in [-0.2, -0.15) is 0 Å². The molecule has 0 bridgehead atoms. The minimum Gasteiger partial charge on any atom is -0.486 e. The number of nitrogens with one attached hydrogen (secondary N) is 2. The van der Waals surface area contributed by atoms with Crippen molar-refractivity contribution in [3.8, 4) is 11.5 Å². The number of amides is 3. The average Bonchev–Trinajstić information content (AvgIpc) is 2.84. The maximum absolute atomic E-state index is 13.4. The Morgan fingerprint density at radius 3 is 2.49 bits per heavy atom. The lowest BCUT2D eigenvalue weighted by molar-refractivity contribution is -0.122. The molecule has 4 N–H and O–H groups in total. The van der Waals surface area contributed by atoms with E-state index in [0.29, 0.717) is 48.1 Å². The molecule has 2 atom stereocenters. The van der Waals surface area contributed by atoms with Crippen molar-refractivity contribution in [1.29, 1.82) is 0 Å². The van der Waals surface area contributed by atoms with Crippen molar-refractivity contribution in [2.75, 3.05) is 30.8 Å². The van der Waals surface area contributed by atoms with Crippen molar-refractivity contribution in [3.05, 3.63) is 47.5 Å². The first kappa shape index (κ1) is 26.1. The maximum Gasteiger partial charge on any atom is 0.410 e. The Labute approximate surface area is 216 Å². The van der Waals surface area contributed by atoms with Gasteiger partial charge in [-0.05, 0) is 76.4 Å². The van der Waals surface area contributed by atoms with Gasteiger partial charge in [-0.3, -0.25) is 14.5 Å². The molecule has 0 unspecified atom stereocenters. The lowest BCUT2D eigenvalue weighted by Crippen LogP contribution is -2.57. The second-order valence-corrected chi connectivity index (χ2v) is 10.3. The highest BCUT2D eigenvalue weighted by Gasteiger charge is 2.39. The van der Waals surface area contributed by atoms with Crippen LogP contribution in [0.1, 0.15) is 49.5 Å². The molecule has 1 fully saturated rings. The number of likely N-dealkylation sites (tertiary alicyclic amines) is 1. The standard InChI is InChI=1S/C27H34N4O6/c1-16-5-7-20(19(28)13-16)30-25(33)21-15-18(9-10-31(21)26(34)37-27(2,3)4)29-24(32)17-6-8-22-23(14-17)36-12-11-35-22/h5-8,13-14,18,21H,9-12,15,28H2,1-4H3,(H,29,32)(H,30,33)/t18-,21-/m1/s1. The lowest BCUT2D eigenvalue weighted by atomic mass is 9.96. The zero-order valence-corrected chi connectivity index (χ0v) is 21.6. The minimum absolute atomic E-state index is 0.215. The van der Waals surface area contributed by atoms with Gasteiger partial charge < -0.3 is 30.6 Å². The summed E-state index contributed by atoms with van der Waals surface area (Å²) >= 11 is 0. The van der Waals surface area contributed by atoms with Crippen LogP contribution in [0.5, 0.6) is 11.5 Å². The number of rotatable bonds is 4. The Hall–Kier alpha value is -3.95. The molecule has 37 heavy (non-hydrogen) atoms. The zero-order chi connectivity index (χ0) is 26.7. The second kappa shape index (κ2) is 10.6. The second-order valence-electron chi connectivity index (χ2n) is 10.3. The van der Waals surface area contributed by atoms with E-state index in [1.807, 2.05) is 13.0 Å². The van der Waals surface area contributed by atoms with Gasteiger partial charge in [-0.25, -0.2) is 4.79 Å². The molecule has 2 aliphatic heterocycles. The van der Waals surface area contributed by atoms with Crippen LogP contribution in [0.4, 0.5) is 16.2 Å². The first-order chi connectivity index (χ1) is 17.5. The Balaban J connectivity index is 1.50. The number of nitrogens with zero attached hydrogens (tertiary/aromatic N) is 1. The maximum atomic E-state index is 13.4. The Kier molecular flexibility index (Phi) is 7.47. The van der Waals surface area contributed by atoms with Gasteiger partial charge >= 0.3 is 6.09 Å². The number of ether oxygens (including phenoxy) is 3. The molecular formula is C27H34N4O6. The number of anilines is 2. The van der Waals surface area contributed by atoms with Crippen LogP contribution in [0, 0.1) is 6.92 Å². The fourth-order valence-corrected chi connectivity index (χ4v) is 4.35. The largest absolute Gasteiger partial charge is 0.486 e. The predicted octanol–water partition coefficient (Wildman–Crippen LogP) is 3.49. The number of fused-ring (bicyclic) bond motifs is 1. The smallest absolute Gasteiger partial charge is 0.410 e. The summed E-state index contributed by atoms with van der Waals surface area (Å²) in [6.45, 7) is 8.34. The van der Waals surface area contributed by atoms with Crippen LogP contribution in [0.25, 0.3) is 0 Å². The molecule has 2 aromatic carbocycles. The zero-order valence-electron chi connectivity index (χ0n) is 21.6.